The maximum absolute atomic E-state index is 10.4. The Morgan fingerprint density at radius 2 is 0.817 bits per heavy atom. The molecule has 8 nitrogen and oxygen atoms in total. The Bertz CT molecular complexity index is 3700. The Morgan fingerprint density at radius 1 is 0.493 bits per heavy atom. The molecule has 0 spiro atoms. The van der Waals surface area contributed by atoms with Crippen LogP contribution in [0, 0.1) is 0 Å². The van der Waals surface area contributed by atoms with Crippen LogP contribution < -0.4 is 18.9 Å². The van der Waals surface area contributed by atoms with Gasteiger partial charge < -0.3 is 18.9 Å². The molecule has 0 amide bonds. The molecule has 7 aromatic carbocycles. The monoisotopic (exact) mass is 1080 g/mol. The van der Waals surface area contributed by atoms with E-state index in [9.17, 15) is 9.27 Å². The Balaban J connectivity index is 0.000000600. The number of hydrogen-bond acceptors (Lipinski definition) is 13. The summed E-state index contributed by atoms with van der Waals surface area (Å²) in [5.41, 5.74) is 5.28. The van der Waals surface area contributed by atoms with Crippen LogP contribution in [0.1, 0.15) is 0 Å². The van der Waals surface area contributed by atoms with Crippen molar-refractivity contribution < 1.29 is 28.2 Å². The van der Waals surface area contributed by atoms with E-state index in [2.05, 4.69) is 48.5 Å². The molecule has 0 saturated heterocycles. The van der Waals surface area contributed by atoms with Crippen molar-refractivity contribution in [3.05, 3.63) is 194 Å². The van der Waals surface area contributed by atoms with E-state index in [1.54, 1.807) is 54.3 Å². The molecule has 5 heterocycles. The first-order valence-corrected chi connectivity index (χ1v) is 30.4. The SMILES string of the molecule is [2H]P([3H])([3H])(B=O)[P+](=O)P.c1ccc(Oc2ccccc2-c2cc3sc(-c4c(Oc5ccccc5)c(Oc5ccccc5)c(-c5cc6sc(-c7ccccc7Oc7ccccc7)cc6s5)c5nsnc45)cc3s2)cc1. The van der Waals surface area contributed by atoms with Crippen molar-refractivity contribution in [3.8, 4) is 87.8 Å². The molecule has 12 rings (SSSR count). The van der Waals surface area contributed by atoms with Crippen LogP contribution >= 0.6 is 81.2 Å². The van der Waals surface area contributed by atoms with Crippen molar-refractivity contribution in [1.82, 2.24) is 8.75 Å². The van der Waals surface area contributed by atoms with E-state index in [1.165, 1.54) is 11.7 Å². The molecule has 346 valence electrons. The van der Waals surface area contributed by atoms with Gasteiger partial charge in [0, 0.05) is 49.4 Å². The van der Waals surface area contributed by atoms with Gasteiger partial charge in [0.1, 0.15) is 45.5 Å². The quantitative estimate of drug-likeness (QED) is 0.0785. The fraction of sp³-hybridized carbons (Fsp3) is 0. The zero-order valence-electron chi connectivity index (χ0n) is 39.9. The molecule has 0 aliphatic carbocycles. The van der Waals surface area contributed by atoms with Crippen LogP contribution in [0.5, 0.6) is 46.0 Å². The Hall–Kier alpha value is -6.30. The second kappa shape index (κ2) is 21.6. The second-order valence-electron chi connectivity index (χ2n) is 15.4. The van der Waals surface area contributed by atoms with E-state index < -0.39 is 15.2 Å². The summed E-state index contributed by atoms with van der Waals surface area (Å²) in [5.74, 6) is 5.75. The minimum Gasteiger partial charge on any atom is -0.457 e. The number of para-hydroxylation sites is 6. The fourth-order valence-corrected chi connectivity index (χ4v) is 14.2. The third kappa shape index (κ3) is 10.4. The fourth-order valence-electron chi connectivity index (χ4n) is 7.80. The first-order chi connectivity index (χ1) is 36.0. The van der Waals surface area contributed by atoms with Crippen molar-refractivity contribution in [1.29, 1.82) is 3.84 Å². The van der Waals surface area contributed by atoms with Gasteiger partial charge in [-0.1, -0.05) is 97.1 Å². The third-order valence-corrected chi connectivity index (χ3v) is 18.6. The van der Waals surface area contributed by atoms with E-state index in [-0.39, 0.29) is 6.87 Å². The van der Waals surface area contributed by atoms with Crippen LogP contribution in [-0.4, -0.2) is 19.5 Å². The van der Waals surface area contributed by atoms with Crippen LogP contribution in [0.2, 0.25) is 0 Å². The summed E-state index contributed by atoms with van der Waals surface area (Å²) >= 11 is 8.09. The molecule has 17 heteroatoms. The molecule has 0 aliphatic rings. The first-order valence-electron chi connectivity index (χ1n) is 23.2. The Labute approximate surface area is 437 Å². The van der Waals surface area contributed by atoms with Gasteiger partial charge in [0.05, 0.1) is 22.9 Å². The predicted octanol–water partition coefficient (Wildman–Crippen LogP) is 18.7. The molecular weight excluding hydrogens is 1040 g/mol. The normalized spacial score (nSPS) is 12.7. The van der Waals surface area contributed by atoms with Gasteiger partial charge in [-0.05, 0) is 97.1 Å². The zero-order valence-corrected chi connectivity index (χ0v) is 43.9. The van der Waals surface area contributed by atoms with Crippen LogP contribution in [-0.2, 0) is 9.27 Å². The van der Waals surface area contributed by atoms with Gasteiger partial charge in [0.15, 0.2) is 11.5 Å². The molecular formula is C54H37BN2O6P3S5+. The van der Waals surface area contributed by atoms with Crippen molar-refractivity contribution in [2.75, 3.05) is 0 Å². The van der Waals surface area contributed by atoms with Gasteiger partial charge in [-0.15, -0.1) is 45.3 Å². The Kier molecular flexibility index (Phi) is 13.2. The second-order valence-corrected chi connectivity index (χ2v) is 25.9. The summed E-state index contributed by atoms with van der Waals surface area (Å²) in [6, 6.07) is 65.0. The van der Waals surface area contributed by atoms with Crippen LogP contribution in [0.3, 0.4) is 0 Å². The van der Waals surface area contributed by atoms with Gasteiger partial charge in [-0.25, -0.2) is 0 Å². The van der Waals surface area contributed by atoms with Crippen molar-refractivity contribution in [2.45, 2.75) is 0 Å². The number of aromatic nitrogens is 2. The average Bonchev–Trinajstić information content (AvgIpc) is 4.28. The number of thiophene rings is 4. The van der Waals surface area contributed by atoms with Crippen LogP contribution in [0.15, 0.2) is 194 Å². The minimum absolute atomic E-state index is 0.142. The van der Waals surface area contributed by atoms with E-state index in [0.29, 0.717) is 23.0 Å². The molecule has 0 fully saturated rings. The van der Waals surface area contributed by atoms with Crippen molar-refractivity contribution in [3.63, 3.8) is 0 Å². The molecule has 0 radical (unpaired) electrons. The molecule has 12 aromatic rings. The molecule has 5 aromatic heterocycles. The third-order valence-electron chi connectivity index (χ3n) is 10.9. The standard InChI is InChI=1S/C54H32N2O4S5.BH5O2P3/c1-5-17-33(18-6-1)57-39-27-15-13-25-37(39)41-29-43-45(61-41)31-47(63-43)49-51-52(56-65-55-51)50(54(60-36-23-11-4-12-24-36)53(49)59-35-21-9-3-10-22-35)48-32-46-44(64-48)30-42(62-46)38-26-14-16-28-40(38)58-34-19-7-2-8-20-34;2-1-5-6(3)4/h1-32H;4H2,5H3/q;+1/i;5T2D. The maximum Gasteiger partial charge on any atom is 0.181 e. The van der Waals surface area contributed by atoms with E-state index >= 15 is 0 Å². The predicted molar refractivity (Wildman–Crippen MR) is 307 cm³/mol. The van der Waals surface area contributed by atoms with E-state index in [1.807, 2.05) is 146 Å². The van der Waals surface area contributed by atoms with E-state index in [0.717, 1.165) is 94.6 Å². The summed E-state index contributed by atoms with van der Waals surface area (Å²) in [6.07, 6.45) is 0. The molecule has 2 unspecified atom stereocenters. The van der Waals surface area contributed by atoms with Gasteiger partial charge >= 0.3 is 44.1 Å². The average molecular weight is 1080 g/mol. The van der Waals surface area contributed by atoms with Gasteiger partial charge in [-0.2, -0.15) is 8.75 Å². The Morgan fingerprint density at radius 3 is 1.17 bits per heavy atom. The summed E-state index contributed by atoms with van der Waals surface area (Å²) in [4.78, 5) is 4.27. The van der Waals surface area contributed by atoms with Gasteiger partial charge in [-0.3, -0.25) is 0 Å². The number of ether oxygens (including phenoxy) is 4. The first kappa shape index (κ1) is 43.5. The molecule has 0 aliphatic heterocycles. The van der Waals surface area contributed by atoms with Crippen molar-refractivity contribution >= 4 is 118 Å². The molecule has 2 atom stereocenters. The van der Waals surface area contributed by atoms with E-state index in [4.69, 9.17) is 31.5 Å². The van der Waals surface area contributed by atoms with Gasteiger partial charge in [0.25, 0.3) is 0 Å². The molecule has 0 bridgehead atoms. The maximum atomic E-state index is 10.4. The summed E-state index contributed by atoms with van der Waals surface area (Å²) in [6.45, 7) is -0.142. The summed E-state index contributed by atoms with van der Waals surface area (Å²) in [7, 11) is -5.41. The number of benzene rings is 7. The zero-order chi connectivity index (χ0) is 50.8. The van der Waals surface area contributed by atoms with Crippen LogP contribution in [0.4, 0.5) is 0 Å². The number of rotatable bonds is 14. The smallest absolute Gasteiger partial charge is 0.181 e. The summed E-state index contributed by atoms with van der Waals surface area (Å²) < 4.78 is 82.1. The topological polar surface area (TPSA) is 96.8 Å². The minimum atomic E-state index is -4.67. The molecule has 71 heavy (non-hydrogen) atoms. The number of fused-ring (bicyclic) bond motifs is 3. The number of hydrogen-bond donors (Lipinski definition) is 0. The van der Waals surface area contributed by atoms with Crippen molar-refractivity contribution in [2.24, 2.45) is 0 Å². The largest absolute Gasteiger partial charge is 0.457 e. The molecule has 0 N–H and O–H groups in total. The number of nitrogens with zero attached hydrogens (tertiary/aromatic N) is 2. The van der Waals surface area contributed by atoms with Gasteiger partial charge in [0.2, 0.25) is 0 Å². The summed E-state index contributed by atoms with van der Waals surface area (Å²) in [5, 5.41) is 0. The molecule has 0 saturated carbocycles. The van der Waals surface area contributed by atoms with Crippen LogP contribution in [0.25, 0.3) is 71.6 Å².